The van der Waals surface area contributed by atoms with E-state index in [1.54, 1.807) is 6.20 Å². The fraction of sp³-hybridized carbons (Fsp3) is 0.545. The van der Waals surface area contributed by atoms with Gasteiger partial charge in [0.15, 0.2) is 0 Å². The van der Waals surface area contributed by atoms with Crippen LogP contribution < -0.4 is 5.32 Å². The molecular weight excluding hydrogens is 355 g/mol. The largest absolute Gasteiger partial charge is 0.366 e. The zero-order valence-electron chi connectivity index (χ0n) is 9.30. The van der Waals surface area contributed by atoms with Gasteiger partial charge in [0.2, 0.25) is 0 Å². The fourth-order valence-corrected chi connectivity index (χ4v) is 2.72. The second-order valence-corrected chi connectivity index (χ2v) is 6.10. The van der Waals surface area contributed by atoms with E-state index in [9.17, 15) is 0 Å². The molecule has 1 rings (SSSR count). The highest BCUT2D eigenvalue weighted by Gasteiger charge is 2.14. The van der Waals surface area contributed by atoms with Crippen LogP contribution in [-0.4, -0.2) is 16.9 Å². The SMILES string of the molecule is CC(C)C(CCCl)Nc1ncc(Br)cc1Br. The maximum Gasteiger partial charge on any atom is 0.140 e. The van der Waals surface area contributed by atoms with Gasteiger partial charge in [-0.3, -0.25) is 0 Å². The number of aromatic nitrogens is 1. The van der Waals surface area contributed by atoms with Crippen LogP contribution in [0.15, 0.2) is 21.2 Å². The smallest absolute Gasteiger partial charge is 0.140 e. The molecule has 0 aliphatic heterocycles. The fourth-order valence-electron chi connectivity index (χ4n) is 1.39. The lowest BCUT2D eigenvalue weighted by atomic mass is 10.0. The molecule has 90 valence electrons. The van der Waals surface area contributed by atoms with Crippen molar-refractivity contribution in [3.05, 3.63) is 21.2 Å². The van der Waals surface area contributed by atoms with Crippen LogP contribution in [-0.2, 0) is 0 Å². The minimum atomic E-state index is 0.350. The van der Waals surface area contributed by atoms with Crippen molar-refractivity contribution in [3.8, 4) is 0 Å². The van der Waals surface area contributed by atoms with E-state index in [4.69, 9.17) is 11.6 Å². The molecule has 1 aromatic heterocycles. The van der Waals surface area contributed by atoms with E-state index < -0.39 is 0 Å². The Morgan fingerprint density at radius 1 is 1.44 bits per heavy atom. The summed E-state index contributed by atoms with van der Waals surface area (Å²) in [4.78, 5) is 4.33. The first-order valence-electron chi connectivity index (χ1n) is 5.18. The molecule has 1 heterocycles. The minimum absolute atomic E-state index is 0.350. The van der Waals surface area contributed by atoms with Gasteiger partial charge in [0, 0.05) is 22.6 Å². The highest BCUT2D eigenvalue weighted by molar-refractivity contribution is 9.11. The highest BCUT2D eigenvalue weighted by atomic mass is 79.9. The Bertz CT molecular complexity index is 345. The molecule has 0 aliphatic carbocycles. The monoisotopic (exact) mass is 368 g/mol. The molecule has 0 bridgehead atoms. The van der Waals surface area contributed by atoms with Crippen molar-refractivity contribution in [1.82, 2.24) is 4.98 Å². The Hall–Kier alpha value is 0.200. The first kappa shape index (κ1) is 14.3. The van der Waals surface area contributed by atoms with E-state index in [0.29, 0.717) is 17.8 Å². The molecule has 16 heavy (non-hydrogen) atoms. The van der Waals surface area contributed by atoms with E-state index >= 15 is 0 Å². The first-order chi connectivity index (χ1) is 7.54. The molecule has 0 aromatic carbocycles. The molecular formula is C11H15Br2ClN2. The molecule has 1 atom stereocenters. The van der Waals surface area contributed by atoms with Gasteiger partial charge < -0.3 is 5.32 Å². The lowest BCUT2D eigenvalue weighted by Crippen LogP contribution is -2.26. The predicted octanol–water partition coefficient (Wildman–Crippen LogP) is 4.67. The van der Waals surface area contributed by atoms with E-state index in [1.165, 1.54) is 0 Å². The lowest BCUT2D eigenvalue weighted by Gasteiger charge is -2.22. The van der Waals surface area contributed by atoms with Gasteiger partial charge in [-0.05, 0) is 50.3 Å². The van der Waals surface area contributed by atoms with Gasteiger partial charge in [0.1, 0.15) is 5.82 Å². The van der Waals surface area contributed by atoms with Crippen LogP contribution in [0.2, 0.25) is 0 Å². The standard InChI is InChI=1S/C11H15Br2ClN2/c1-7(2)10(3-4-14)16-11-9(13)5-8(12)6-15-11/h5-7,10H,3-4H2,1-2H3,(H,15,16). The van der Waals surface area contributed by atoms with E-state index in [0.717, 1.165) is 21.2 Å². The molecule has 0 radical (unpaired) electrons. The van der Waals surface area contributed by atoms with Gasteiger partial charge in [-0.15, -0.1) is 11.6 Å². The Balaban J connectivity index is 2.77. The maximum atomic E-state index is 5.79. The van der Waals surface area contributed by atoms with Crippen molar-refractivity contribution >= 4 is 49.3 Å². The summed E-state index contributed by atoms with van der Waals surface area (Å²) < 4.78 is 1.92. The number of alkyl halides is 1. The summed E-state index contributed by atoms with van der Waals surface area (Å²) in [6.07, 6.45) is 2.72. The van der Waals surface area contributed by atoms with Gasteiger partial charge >= 0.3 is 0 Å². The zero-order chi connectivity index (χ0) is 12.1. The Morgan fingerprint density at radius 3 is 2.62 bits per heavy atom. The second kappa shape index (κ2) is 6.82. The first-order valence-corrected chi connectivity index (χ1v) is 7.30. The van der Waals surface area contributed by atoms with Crippen LogP contribution in [0.4, 0.5) is 5.82 Å². The topological polar surface area (TPSA) is 24.9 Å². The molecule has 0 aliphatic rings. The van der Waals surface area contributed by atoms with Gasteiger partial charge in [0.25, 0.3) is 0 Å². The van der Waals surface area contributed by atoms with Gasteiger partial charge in [-0.25, -0.2) is 4.98 Å². The Kier molecular flexibility index (Phi) is 6.08. The van der Waals surface area contributed by atoms with Crippen LogP contribution in [0.5, 0.6) is 0 Å². The summed E-state index contributed by atoms with van der Waals surface area (Å²) in [5.41, 5.74) is 0. The maximum absolute atomic E-state index is 5.79. The zero-order valence-corrected chi connectivity index (χ0v) is 13.2. The van der Waals surface area contributed by atoms with Crippen LogP contribution in [0.1, 0.15) is 20.3 Å². The molecule has 0 amide bonds. The molecule has 0 spiro atoms. The van der Waals surface area contributed by atoms with Crippen LogP contribution in [0.3, 0.4) is 0 Å². The number of hydrogen-bond acceptors (Lipinski definition) is 2. The van der Waals surface area contributed by atoms with Crippen molar-refractivity contribution < 1.29 is 0 Å². The third kappa shape index (κ3) is 4.22. The molecule has 0 saturated carbocycles. The summed E-state index contributed by atoms with van der Waals surface area (Å²) in [7, 11) is 0. The minimum Gasteiger partial charge on any atom is -0.366 e. The number of pyridine rings is 1. The Morgan fingerprint density at radius 2 is 2.12 bits per heavy atom. The predicted molar refractivity (Wildman–Crippen MR) is 77.2 cm³/mol. The Labute approximate surface area is 118 Å². The lowest BCUT2D eigenvalue weighted by molar-refractivity contribution is 0.511. The van der Waals surface area contributed by atoms with E-state index in [-0.39, 0.29) is 0 Å². The van der Waals surface area contributed by atoms with Crippen molar-refractivity contribution in [2.75, 3.05) is 11.2 Å². The van der Waals surface area contributed by atoms with Crippen molar-refractivity contribution in [1.29, 1.82) is 0 Å². The normalized spacial score (nSPS) is 12.9. The number of nitrogens with zero attached hydrogens (tertiary/aromatic N) is 1. The third-order valence-corrected chi connectivity index (χ3v) is 3.61. The van der Waals surface area contributed by atoms with E-state index in [1.807, 2.05) is 6.07 Å². The third-order valence-electron chi connectivity index (χ3n) is 2.35. The molecule has 1 aromatic rings. The molecule has 2 nitrogen and oxygen atoms in total. The number of nitrogens with one attached hydrogen (secondary N) is 1. The average molecular weight is 371 g/mol. The molecule has 0 saturated heterocycles. The van der Waals surface area contributed by atoms with Gasteiger partial charge in [0.05, 0.1) is 4.47 Å². The summed E-state index contributed by atoms with van der Waals surface area (Å²) in [6, 6.07) is 2.33. The van der Waals surface area contributed by atoms with Crippen LogP contribution >= 0.6 is 43.5 Å². The number of anilines is 1. The van der Waals surface area contributed by atoms with Crippen LogP contribution in [0, 0.1) is 5.92 Å². The van der Waals surface area contributed by atoms with Crippen molar-refractivity contribution in [2.45, 2.75) is 26.3 Å². The number of halogens is 3. The summed E-state index contributed by atoms with van der Waals surface area (Å²) >= 11 is 12.7. The van der Waals surface area contributed by atoms with Crippen LogP contribution in [0.25, 0.3) is 0 Å². The summed E-state index contributed by atoms with van der Waals surface area (Å²) in [5.74, 6) is 2.05. The molecule has 5 heteroatoms. The van der Waals surface area contributed by atoms with Crippen molar-refractivity contribution in [3.63, 3.8) is 0 Å². The number of rotatable bonds is 5. The van der Waals surface area contributed by atoms with Gasteiger partial charge in [-0.2, -0.15) is 0 Å². The molecule has 1 unspecified atom stereocenters. The highest BCUT2D eigenvalue weighted by Crippen LogP contribution is 2.25. The average Bonchev–Trinajstić information content (AvgIpc) is 2.20. The summed E-state index contributed by atoms with van der Waals surface area (Å²) in [5, 5.41) is 3.41. The summed E-state index contributed by atoms with van der Waals surface area (Å²) in [6.45, 7) is 4.36. The molecule has 1 N–H and O–H groups in total. The van der Waals surface area contributed by atoms with Crippen molar-refractivity contribution in [2.24, 2.45) is 5.92 Å². The van der Waals surface area contributed by atoms with Gasteiger partial charge in [-0.1, -0.05) is 13.8 Å². The number of hydrogen-bond donors (Lipinski definition) is 1. The molecule has 0 fully saturated rings. The van der Waals surface area contributed by atoms with E-state index in [2.05, 4.69) is 56.0 Å². The quantitative estimate of drug-likeness (QED) is 0.762. The second-order valence-electron chi connectivity index (χ2n) is 3.96.